The van der Waals surface area contributed by atoms with Crippen LogP contribution >= 0.6 is 0 Å². The summed E-state index contributed by atoms with van der Waals surface area (Å²) in [6.07, 6.45) is 13.2. The van der Waals surface area contributed by atoms with Crippen LogP contribution in [0.4, 0.5) is 0 Å². The molecule has 0 aromatic heterocycles. The molecule has 1 heteroatoms. The Bertz CT molecular complexity index is 317. The van der Waals surface area contributed by atoms with Crippen molar-refractivity contribution >= 4 is 0 Å². The summed E-state index contributed by atoms with van der Waals surface area (Å²) in [6, 6.07) is 0. The summed E-state index contributed by atoms with van der Waals surface area (Å²) < 4.78 is 0. The molecule has 0 aromatic carbocycles. The van der Waals surface area contributed by atoms with Crippen molar-refractivity contribution in [2.75, 3.05) is 13.6 Å². The Balaban J connectivity index is 0. The van der Waals surface area contributed by atoms with E-state index in [0.717, 1.165) is 18.5 Å². The number of nitrogens with one attached hydrogen (secondary N) is 1. The van der Waals surface area contributed by atoms with E-state index in [2.05, 4.69) is 50.6 Å². The van der Waals surface area contributed by atoms with E-state index >= 15 is 0 Å². The molecule has 0 aromatic rings. The Kier molecular flexibility index (Phi) is 15.5. The molecule has 0 fully saturated rings. The van der Waals surface area contributed by atoms with Crippen molar-refractivity contribution in [2.45, 2.75) is 34.1 Å². The second-order valence-corrected chi connectivity index (χ2v) is 4.31. The van der Waals surface area contributed by atoms with E-state index in [1.807, 2.05) is 33.0 Å². The minimum Gasteiger partial charge on any atom is -0.316 e. The molecule has 0 unspecified atom stereocenters. The lowest BCUT2D eigenvalue weighted by Gasteiger charge is -2.05. The van der Waals surface area contributed by atoms with E-state index in [4.69, 9.17) is 0 Å². The number of likely N-dealkylation sites (N-methyl/N-ethyl adjacent to an activating group) is 1. The van der Waals surface area contributed by atoms with Crippen LogP contribution in [-0.2, 0) is 0 Å². The van der Waals surface area contributed by atoms with E-state index in [9.17, 15) is 0 Å². The highest BCUT2D eigenvalue weighted by Gasteiger charge is 1.98. The monoisotopic (exact) mass is 261 g/mol. The molecule has 0 radical (unpaired) electrons. The zero-order chi connectivity index (χ0) is 15.1. The van der Waals surface area contributed by atoms with Gasteiger partial charge in [-0.2, -0.15) is 0 Å². The van der Waals surface area contributed by atoms with Crippen LogP contribution in [0.3, 0.4) is 0 Å². The summed E-state index contributed by atoms with van der Waals surface area (Å²) in [5.74, 6) is 0.664. The Morgan fingerprint density at radius 1 is 1.16 bits per heavy atom. The third-order valence-corrected chi connectivity index (χ3v) is 2.28. The summed E-state index contributed by atoms with van der Waals surface area (Å²) >= 11 is 0. The molecule has 0 aliphatic carbocycles. The predicted molar refractivity (Wildman–Crippen MR) is 90.4 cm³/mol. The molecule has 0 atom stereocenters. The van der Waals surface area contributed by atoms with Crippen LogP contribution in [0.1, 0.15) is 34.1 Å². The second-order valence-electron chi connectivity index (χ2n) is 4.31. The van der Waals surface area contributed by atoms with E-state index in [1.165, 1.54) is 5.57 Å². The number of hydrogen-bond acceptors (Lipinski definition) is 1. The summed E-state index contributed by atoms with van der Waals surface area (Å²) in [5, 5.41) is 3.10. The molecule has 0 saturated carbocycles. The molecular weight excluding hydrogens is 230 g/mol. The highest BCUT2D eigenvalue weighted by atomic mass is 14.8. The van der Waals surface area contributed by atoms with Crippen LogP contribution in [0.5, 0.6) is 0 Å². The van der Waals surface area contributed by atoms with Crippen LogP contribution in [0.15, 0.2) is 60.8 Å². The van der Waals surface area contributed by atoms with Gasteiger partial charge in [0.2, 0.25) is 0 Å². The van der Waals surface area contributed by atoms with E-state index in [0.29, 0.717) is 5.92 Å². The van der Waals surface area contributed by atoms with Crippen LogP contribution in [-0.4, -0.2) is 13.6 Å². The topological polar surface area (TPSA) is 12.0 Å². The number of hydrogen-bond donors (Lipinski definition) is 1. The molecule has 0 aliphatic rings. The first-order valence-corrected chi connectivity index (χ1v) is 7.12. The summed E-state index contributed by atoms with van der Waals surface area (Å²) in [4.78, 5) is 0. The van der Waals surface area contributed by atoms with Crippen molar-refractivity contribution in [3.8, 4) is 0 Å². The van der Waals surface area contributed by atoms with E-state index < -0.39 is 0 Å². The summed E-state index contributed by atoms with van der Waals surface area (Å²) in [5.41, 5.74) is 2.33. The first-order valence-electron chi connectivity index (χ1n) is 7.12. The molecule has 108 valence electrons. The average molecular weight is 261 g/mol. The summed E-state index contributed by atoms with van der Waals surface area (Å²) in [7, 11) is 1.94. The first kappa shape index (κ1) is 20.0. The lowest BCUT2D eigenvalue weighted by Crippen LogP contribution is -2.04. The van der Waals surface area contributed by atoms with Crippen molar-refractivity contribution in [3.63, 3.8) is 0 Å². The SMILES string of the molecule is C=C/C=C(C=C)/C(/C=C\CNC)=C/CC(C)C.CC. The molecule has 0 aliphatic heterocycles. The Labute approximate surface area is 120 Å². The van der Waals surface area contributed by atoms with Gasteiger partial charge in [0.25, 0.3) is 0 Å². The average Bonchev–Trinajstić information content (AvgIpc) is 2.42. The summed E-state index contributed by atoms with van der Waals surface area (Å²) in [6.45, 7) is 16.9. The highest BCUT2D eigenvalue weighted by Crippen LogP contribution is 2.16. The van der Waals surface area contributed by atoms with E-state index in [1.54, 1.807) is 6.08 Å². The lowest BCUT2D eigenvalue weighted by atomic mass is 10.0. The quantitative estimate of drug-likeness (QED) is 0.602. The molecule has 0 amide bonds. The smallest absolute Gasteiger partial charge is 0.0135 e. The minimum absolute atomic E-state index is 0.664. The van der Waals surface area contributed by atoms with Crippen LogP contribution < -0.4 is 5.32 Å². The number of allylic oxidation sites excluding steroid dienone is 7. The standard InChI is InChI=1S/C16H25N.C2H6/c1-6-9-15(7-2)16(10-8-13-17-5)12-11-14(3)4;1-2/h6-10,12,14,17H,1-2,11,13H2,3-5H3;1-2H3/b10-8-,15-9+,16-12+;. The van der Waals surface area contributed by atoms with Gasteiger partial charge in [-0.15, -0.1) is 0 Å². The van der Waals surface area contributed by atoms with Gasteiger partial charge in [0.1, 0.15) is 0 Å². The maximum absolute atomic E-state index is 3.85. The van der Waals surface area contributed by atoms with Gasteiger partial charge in [0.15, 0.2) is 0 Å². The van der Waals surface area contributed by atoms with Crippen molar-refractivity contribution in [3.05, 3.63) is 60.8 Å². The predicted octanol–water partition coefficient (Wildman–Crippen LogP) is 5.06. The molecule has 0 saturated heterocycles. The van der Waals surface area contributed by atoms with Crippen molar-refractivity contribution in [1.82, 2.24) is 5.32 Å². The maximum Gasteiger partial charge on any atom is 0.0135 e. The maximum atomic E-state index is 3.85. The molecular formula is C18H31N. The zero-order valence-corrected chi connectivity index (χ0v) is 13.4. The molecule has 19 heavy (non-hydrogen) atoms. The van der Waals surface area contributed by atoms with Gasteiger partial charge in [0, 0.05) is 6.54 Å². The van der Waals surface area contributed by atoms with E-state index in [-0.39, 0.29) is 0 Å². The third kappa shape index (κ3) is 11.5. The van der Waals surface area contributed by atoms with Crippen LogP contribution in [0.25, 0.3) is 0 Å². The van der Waals surface area contributed by atoms with Crippen LogP contribution in [0.2, 0.25) is 0 Å². The van der Waals surface area contributed by atoms with Gasteiger partial charge in [-0.25, -0.2) is 0 Å². The zero-order valence-electron chi connectivity index (χ0n) is 13.4. The molecule has 1 N–H and O–H groups in total. The Hall–Kier alpha value is -1.34. The third-order valence-electron chi connectivity index (χ3n) is 2.28. The van der Waals surface area contributed by atoms with Crippen molar-refractivity contribution in [2.24, 2.45) is 5.92 Å². The van der Waals surface area contributed by atoms with Gasteiger partial charge in [0.05, 0.1) is 0 Å². The fourth-order valence-corrected chi connectivity index (χ4v) is 1.36. The molecule has 0 rings (SSSR count). The van der Waals surface area contributed by atoms with Crippen LogP contribution in [0, 0.1) is 5.92 Å². The molecule has 0 spiro atoms. The Morgan fingerprint density at radius 2 is 1.79 bits per heavy atom. The van der Waals surface area contributed by atoms with Gasteiger partial charge in [-0.3, -0.25) is 0 Å². The second kappa shape index (κ2) is 14.7. The lowest BCUT2D eigenvalue weighted by molar-refractivity contribution is 0.662. The van der Waals surface area contributed by atoms with Gasteiger partial charge in [-0.05, 0) is 30.5 Å². The molecule has 0 bridgehead atoms. The highest BCUT2D eigenvalue weighted by molar-refractivity contribution is 5.47. The van der Waals surface area contributed by atoms with Crippen molar-refractivity contribution in [1.29, 1.82) is 0 Å². The fraction of sp³-hybridized carbons (Fsp3) is 0.444. The van der Waals surface area contributed by atoms with Gasteiger partial charge >= 0.3 is 0 Å². The molecule has 0 heterocycles. The fourth-order valence-electron chi connectivity index (χ4n) is 1.36. The molecule has 1 nitrogen and oxygen atoms in total. The first-order chi connectivity index (χ1) is 9.15. The van der Waals surface area contributed by atoms with Gasteiger partial charge in [-0.1, -0.05) is 77.3 Å². The largest absolute Gasteiger partial charge is 0.316 e. The Morgan fingerprint density at radius 3 is 2.21 bits per heavy atom. The normalized spacial score (nSPS) is 12.3. The van der Waals surface area contributed by atoms with Gasteiger partial charge < -0.3 is 5.32 Å². The number of rotatable bonds is 8. The minimum atomic E-state index is 0.664. The van der Waals surface area contributed by atoms with Crippen molar-refractivity contribution < 1.29 is 0 Å².